The molecule has 1 heterocycles. The molecule has 2 atom stereocenters. The number of hydrogen-bond acceptors (Lipinski definition) is 3. The molecule has 0 aliphatic carbocycles. The molecule has 0 fully saturated rings. The van der Waals surface area contributed by atoms with Gasteiger partial charge in [-0.1, -0.05) is 13.8 Å². The lowest BCUT2D eigenvalue weighted by atomic mass is 10.0. The minimum Gasteiger partial charge on any atom is -0.480 e. The van der Waals surface area contributed by atoms with Gasteiger partial charge >= 0.3 is 12.0 Å². The molecule has 0 spiro atoms. The van der Waals surface area contributed by atoms with Gasteiger partial charge in [0.25, 0.3) is 0 Å². The van der Waals surface area contributed by atoms with Crippen molar-refractivity contribution in [2.45, 2.75) is 46.2 Å². The maximum absolute atomic E-state index is 11.8. The van der Waals surface area contributed by atoms with Gasteiger partial charge in [-0.05, 0) is 38.3 Å². The Bertz CT molecular complexity index is 471. The second kappa shape index (κ2) is 7.28. The highest BCUT2D eigenvalue weighted by atomic mass is 32.1. The summed E-state index contributed by atoms with van der Waals surface area (Å²) in [6.07, 6.45) is 0.412. The molecule has 0 bridgehead atoms. The number of carboxylic acids is 1. The summed E-state index contributed by atoms with van der Waals surface area (Å²) in [5.74, 6) is -0.803. The second-order valence-corrected chi connectivity index (χ2v) is 6.63. The summed E-state index contributed by atoms with van der Waals surface area (Å²) in [6.45, 7) is 7.73. The van der Waals surface area contributed by atoms with Crippen LogP contribution >= 0.6 is 11.3 Å². The molecular weight excluding hydrogens is 276 g/mol. The number of carboxylic acid groups (broad SMARTS) is 1. The molecule has 0 aliphatic rings. The number of rotatable bonds is 6. The highest BCUT2D eigenvalue weighted by molar-refractivity contribution is 7.12. The van der Waals surface area contributed by atoms with Crippen LogP contribution in [-0.4, -0.2) is 23.1 Å². The smallest absolute Gasteiger partial charge is 0.326 e. The lowest BCUT2D eigenvalue weighted by Crippen LogP contribution is -2.47. The van der Waals surface area contributed by atoms with Gasteiger partial charge in [0.1, 0.15) is 6.04 Å². The summed E-state index contributed by atoms with van der Waals surface area (Å²) in [5.41, 5.74) is 0. The summed E-state index contributed by atoms with van der Waals surface area (Å²) < 4.78 is 0. The fourth-order valence-corrected chi connectivity index (χ4v) is 2.73. The summed E-state index contributed by atoms with van der Waals surface area (Å²) >= 11 is 1.61. The Labute approximate surface area is 123 Å². The molecule has 5 nitrogen and oxygen atoms in total. The molecule has 6 heteroatoms. The Balaban J connectivity index is 2.55. The van der Waals surface area contributed by atoms with Gasteiger partial charge < -0.3 is 15.7 Å². The zero-order chi connectivity index (χ0) is 15.3. The molecule has 0 radical (unpaired) electrons. The highest BCUT2D eigenvalue weighted by Crippen LogP contribution is 2.22. The summed E-state index contributed by atoms with van der Waals surface area (Å²) in [7, 11) is 0. The van der Waals surface area contributed by atoms with E-state index in [0.717, 1.165) is 4.88 Å². The zero-order valence-corrected chi connectivity index (χ0v) is 13.1. The Morgan fingerprint density at radius 2 is 1.90 bits per heavy atom. The Morgan fingerprint density at radius 3 is 2.35 bits per heavy atom. The summed E-state index contributed by atoms with van der Waals surface area (Å²) in [5, 5.41) is 14.4. The van der Waals surface area contributed by atoms with Crippen molar-refractivity contribution in [1.82, 2.24) is 10.6 Å². The molecule has 3 N–H and O–H groups in total. The third kappa shape index (κ3) is 5.21. The number of aliphatic carboxylic acids is 1. The van der Waals surface area contributed by atoms with E-state index in [9.17, 15) is 9.59 Å². The van der Waals surface area contributed by atoms with Crippen LogP contribution in [-0.2, 0) is 4.79 Å². The maximum atomic E-state index is 11.8. The number of amides is 2. The van der Waals surface area contributed by atoms with Crippen molar-refractivity contribution in [3.8, 4) is 0 Å². The van der Waals surface area contributed by atoms with Gasteiger partial charge in [-0.3, -0.25) is 0 Å². The third-order valence-electron chi connectivity index (χ3n) is 2.85. The first-order valence-corrected chi connectivity index (χ1v) is 7.47. The predicted octanol–water partition coefficient (Wildman–Crippen LogP) is 2.92. The molecule has 20 heavy (non-hydrogen) atoms. The first-order valence-electron chi connectivity index (χ1n) is 6.65. The maximum Gasteiger partial charge on any atom is 0.326 e. The van der Waals surface area contributed by atoms with Gasteiger partial charge in [0.05, 0.1) is 6.04 Å². The normalized spacial score (nSPS) is 13.8. The minimum atomic E-state index is -1.01. The van der Waals surface area contributed by atoms with Gasteiger partial charge in [-0.2, -0.15) is 0 Å². The first-order chi connectivity index (χ1) is 9.29. The fraction of sp³-hybridized carbons (Fsp3) is 0.571. The summed E-state index contributed by atoms with van der Waals surface area (Å²) in [4.78, 5) is 25.2. The third-order valence-corrected chi connectivity index (χ3v) is 4.03. The number of carbonyl (C=O) groups excluding carboxylic acids is 1. The van der Waals surface area contributed by atoms with Crippen LogP contribution in [0.25, 0.3) is 0 Å². The minimum absolute atomic E-state index is 0.137. The van der Waals surface area contributed by atoms with Crippen molar-refractivity contribution >= 4 is 23.3 Å². The molecule has 0 aliphatic heterocycles. The molecule has 2 unspecified atom stereocenters. The average Bonchev–Trinajstić information content (AvgIpc) is 2.74. The van der Waals surface area contributed by atoms with Crippen molar-refractivity contribution < 1.29 is 14.7 Å². The van der Waals surface area contributed by atoms with Crippen LogP contribution in [0.1, 0.15) is 43.0 Å². The molecule has 0 saturated carbocycles. The molecular formula is C14H22N2O3S. The van der Waals surface area contributed by atoms with Gasteiger partial charge in [-0.25, -0.2) is 9.59 Å². The van der Waals surface area contributed by atoms with Crippen molar-refractivity contribution in [3.05, 3.63) is 21.9 Å². The van der Waals surface area contributed by atoms with E-state index in [1.54, 1.807) is 11.3 Å². The van der Waals surface area contributed by atoms with E-state index in [1.807, 2.05) is 39.8 Å². The number of urea groups is 1. The largest absolute Gasteiger partial charge is 0.480 e. The fourth-order valence-electron chi connectivity index (χ4n) is 1.85. The molecule has 0 saturated heterocycles. The number of nitrogens with one attached hydrogen (secondary N) is 2. The Morgan fingerprint density at radius 1 is 1.25 bits per heavy atom. The van der Waals surface area contributed by atoms with E-state index < -0.39 is 18.0 Å². The van der Waals surface area contributed by atoms with E-state index in [0.29, 0.717) is 6.42 Å². The van der Waals surface area contributed by atoms with E-state index in [-0.39, 0.29) is 12.0 Å². The molecule has 1 rings (SSSR count). The number of aryl methyl sites for hydroxylation is 1. The van der Waals surface area contributed by atoms with Crippen LogP contribution in [0.15, 0.2) is 12.1 Å². The lowest BCUT2D eigenvalue weighted by molar-refractivity contribution is -0.139. The Kier molecular flexibility index (Phi) is 6.01. The average molecular weight is 298 g/mol. The zero-order valence-electron chi connectivity index (χ0n) is 12.3. The monoisotopic (exact) mass is 298 g/mol. The van der Waals surface area contributed by atoms with Gasteiger partial charge in [0.15, 0.2) is 0 Å². The van der Waals surface area contributed by atoms with Gasteiger partial charge in [0, 0.05) is 9.75 Å². The van der Waals surface area contributed by atoms with Crippen LogP contribution < -0.4 is 10.6 Å². The molecule has 112 valence electrons. The predicted molar refractivity (Wildman–Crippen MR) is 80.0 cm³/mol. The molecule has 1 aromatic rings. The van der Waals surface area contributed by atoms with Crippen LogP contribution in [0.5, 0.6) is 0 Å². The second-order valence-electron chi connectivity index (χ2n) is 5.31. The highest BCUT2D eigenvalue weighted by Gasteiger charge is 2.22. The van der Waals surface area contributed by atoms with E-state index in [4.69, 9.17) is 5.11 Å². The van der Waals surface area contributed by atoms with Gasteiger partial charge in [0.2, 0.25) is 0 Å². The number of hydrogen-bond donors (Lipinski definition) is 3. The molecule has 0 aromatic carbocycles. The van der Waals surface area contributed by atoms with Crippen LogP contribution in [0, 0.1) is 12.8 Å². The van der Waals surface area contributed by atoms with Crippen LogP contribution in [0.4, 0.5) is 4.79 Å². The van der Waals surface area contributed by atoms with Crippen LogP contribution in [0.3, 0.4) is 0 Å². The number of thiophene rings is 1. The SMILES string of the molecule is Cc1ccc(C(C)NC(=O)NC(CC(C)C)C(=O)O)s1. The first kappa shape index (κ1) is 16.5. The Hall–Kier alpha value is -1.56. The quantitative estimate of drug-likeness (QED) is 0.755. The van der Waals surface area contributed by atoms with E-state index >= 15 is 0 Å². The molecule has 1 aromatic heterocycles. The van der Waals surface area contributed by atoms with E-state index in [1.165, 1.54) is 4.88 Å². The van der Waals surface area contributed by atoms with Crippen LogP contribution in [0.2, 0.25) is 0 Å². The standard InChI is InChI=1S/C14H22N2O3S/c1-8(2)7-11(13(17)18)16-14(19)15-10(4)12-6-5-9(3)20-12/h5-6,8,10-11H,7H2,1-4H3,(H,17,18)(H2,15,16,19). The lowest BCUT2D eigenvalue weighted by Gasteiger charge is -2.19. The van der Waals surface area contributed by atoms with Crippen molar-refractivity contribution in [1.29, 1.82) is 0 Å². The van der Waals surface area contributed by atoms with Crippen molar-refractivity contribution in [3.63, 3.8) is 0 Å². The topological polar surface area (TPSA) is 78.4 Å². The van der Waals surface area contributed by atoms with Gasteiger partial charge in [-0.15, -0.1) is 11.3 Å². The summed E-state index contributed by atoms with van der Waals surface area (Å²) in [6, 6.07) is 2.52. The van der Waals surface area contributed by atoms with Crippen molar-refractivity contribution in [2.24, 2.45) is 5.92 Å². The van der Waals surface area contributed by atoms with E-state index in [2.05, 4.69) is 10.6 Å². The molecule has 2 amide bonds. The number of carbonyl (C=O) groups is 2. The van der Waals surface area contributed by atoms with Crippen molar-refractivity contribution in [2.75, 3.05) is 0 Å².